The summed E-state index contributed by atoms with van der Waals surface area (Å²) >= 11 is 0. The third-order valence-corrected chi connectivity index (χ3v) is 3.13. The van der Waals surface area contributed by atoms with E-state index in [1.54, 1.807) is 55.9 Å². The summed E-state index contributed by atoms with van der Waals surface area (Å²) in [5.41, 5.74) is 0.833. The average molecular weight is 340 g/mol. The van der Waals surface area contributed by atoms with Crippen molar-refractivity contribution < 1.29 is 14.3 Å². The predicted molar refractivity (Wildman–Crippen MR) is 94.4 cm³/mol. The fourth-order valence-corrected chi connectivity index (χ4v) is 2.07. The number of nitrogens with one attached hydrogen (secondary N) is 2. The first kappa shape index (κ1) is 18.1. The van der Waals surface area contributed by atoms with Gasteiger partial charge in [-0.05, 0) is 45.0 Å². The largest absolute Gasteiger partial charge is 0.444 e. The maximum absolute atomic E-state index is 12.3. The molecule has 2 aromatic rings. The van der Waals surface area contributed by atoms with Crippen LogP contribution in [0.3, 0.4) is 0 Å². The predicted octanol–water partition coefficient (Wildman–Crippen LogP) is 3.50. The number of benzene rings is 1. The topological polar surface area (TPSA) is 96.1 Å². The Labute approximate surface area is 146 Å². The highest BCUT2D eigenvalue weighted by Gasteiger charge is 2.18. The molecule has 2 N–H and O–H groups in total. The minimum atomic E-state index is -0.669. The van der Waals surface area contributed by atoms with Gasteiger partial charge in [0, 0.05) is 19.4 Å². The number of nitrogens with zero attached hydrogens (tertiary/aromatic N) is 2. The van der Waals surface area contributed by atoms with Gasteiger partial charge in [0.25, 0.3) is 5.91 Å². The van der Waals surface area contributed by atoms with Crippen LogP contribution in [-0.2, 0) is 11.8 Å². The summed E-state index contributed by atoms with van der Waals surface area (Å²) in [6, 6.07) is 8.27. The Bertz CT molecular complexity index is 841. The maximum Gasteiger partial charge on any atom is 0.412 e. The smallest absolute Gasteiger partial charge is 0.412 e. The zero-order valence-electron chi connectivity index (χ0n) is 14.6. The lowest BCUT2D eigenvalue weighted by Gasteiger charge is -2.20. The Morgan fingerprint density at radius 1 is 1.16 bits per heavy atom. The van der Waals surface area contributed by atoms with Gasteiger partial charge in [0.05, 0.1) is 28.6 Å². The van der Waals surface area contributed by atoms with Gasteiger partial charge >= 0.3 is 6.09 Å². The van der Waals surface area contributed by atoms with E-state index in [9.17, 15) is 9.59 Å². The molecule has 0 fully saturated rings. The number of carbonyl (C=O) groups is 2. The fourth-order valence-electron chi connectivity index (χ4n) is 2.07. The molecule has 0 aliphatic rings. The number of anilines is 2. The summed E-state index contributed by atoms with van der Waals surface area (Å²) in [6.45, 7) is 5.24. The van der Waals surface area contributed by atoms with Crippen molar-refractivity contribution in [3.63, 3.8) is 0 Å². The molecule has 0 aliphatic heterocycles. The zero-order chi connectivity index (χ0) is 18.6. The number of aryl methyl sites for hydroxylation is 1. The maximum atomic E-state index is 12.3. The first-order chi connectivity index (χ1) is 11.7. The van der Waals surface area contributed by atoms with Crippen molar-refractivity contribution in [1.29, 1.82) is 5.26 Å². The summed E-state index contributed by atoms with van der Waals surface area (Å²) in [5, 5.41) is 14.4. The van der Waals surface area contributed by atoms with Gasteiger partial charge in [-0.2, -0.15) is 5.26 Å². The van der Waals surface area contributed by atoms with E-state index in [0.717, 1.165) is 0 Å². The number of amides is 2. The molecule has 0 radical (unpaired) electrons. The molecule has 0 unspecified atom stereocenters. The van der Waals surface area contributed by atoms with Crippen LogP contribution >= 0.6 is 0 Å². The Morgan fingerprint density at radius 3 is 2.44 bits per heavy atom. The van der Waals surface area contributed by atoms with Crippen molar-refractivity contribution >= 4 is 23.4 Å². The highest BCUT2D eigenvalue weighted by Crippen LogP contribution is 2.25. The van der Waals surface area contributed by atoms with Gasteiger partial charge in [-0.15, -0.1) is 0 Å². The molecule has 1 heterocycles. The van der Waals surface area contributed by atoms with E-state index in [1.807, 2.05) is 13.1 Å². The van der Waals surface area contributed by atoms with Crippen LogP contribution in [0, 0.1) is 11.3 Å². The van der Waals surface area contributed by atoms with Crippen LogP contribution in [0.2, 0.25) is 0 Å². The lowest BCUT2D eigenvalue weighted by atomic mass is 10.1. The van der Waals surface area contributed by atoms with Crippen LogP contribution in [0.15, 0.2) is 36.7 Å². The van der Waals surface area contributed by atoms with Gasteiger partial charge in [-0.1, -0.05) is 0 Å². The van der Waals surface area contributed by atoms with Crippen molar-refractivity contribution in [2.45, 2.75) is 26.4 Å². The van der Waals surface area contributed by atoms with E-state index in [-0.39, 0.29) is 11.6 Å². The van der Waals surface area contributed by atoms with Crippen LogP contribution in [0.4, 0.5) is 16.2 Å². The quantitative estimate of drug-likeness (QED) is 0.894. The van der Waals surface area contributed by atoms with Gasteiger partial charge in [0.2, 0.25) is 0 Å². The highest BCUT2D eigenvalue weighted by atomic mass is 16.6. The number of rotatable bonds is 3. The number of hydrogen-bond donors (Lipinski definition) is 2. The van der Waals surface area contributed by atoms with E-state index in [4.69, 9.17) is 10.00 Å². The fraction of sp³-hybridized carbons (Fsp3) is 0.278. The molecule has 0 aliphatic carbocycles. The molecule has 2 amide bonds. The molecule has 0 saturated heterocycles. The average Bonchev–Trinajstić information content (AvgIpc) is 2.93. The lowest BCUT2D eigenvalue weighted by molar-refractivity contribution is 0.0635. The highest BCUT2D eigenvalue weighted by molar-refractivity contribution is 6.06. The molecule has 0 bridgehead atoms. The normalized spacial score (nSPS) is 10.7. The second kappa shape index (κ2) is 7.09. The van der Waals surface area contributed by atoms with Crippen molar-refractivity contribution in [3.05, 3.63) is 47.8 Å². The Kier molecular flexibility index (Phi) is 5.13. The molecular formula is C18H20N4O3. The third-order valence-electron chi connectivity index (χ3n) is 3.13. The summed E-state index contributed by atoms with van der Waals surface area (Å²) in [6.07, 6.45) is 2.77. The van der Waals surface area contributed by atoms with Crippen molar-refractivity contribution in [3.8, 4) is 6.07 Å². The third kappa shape index (κ3) is 5.11. The Hall–Kier alpha value is -3.27. The SMILES string of the molecule is Cn1ccc(C(=O)Nc2ccc(C#N)cc2NC(=O)OC(C)(C)C)c1. The number of carbonyl (C=O) groups excluding carboxylic acids is 2. The lowest BCUT2D eigenvalue weighted by Crippen LogP contribution is -2.27. The molecule has 130 valence electrons. The number of hydrogen-bond acceptors (Lipinski definition) is 4. The molecule has 1 aromatic carbocycles. The molecular weight excluding hydrogens is 320 g/mol. The number of aromatic nitrogens is 1. The van der Waals surface area contributed by atoms with Gasteiger partial charge < -0.3 is 14.6 Å². The number of ether oxygens (including phenoxy) is 1. The molecule has 25 heavy (non-hydrogen) atoms. The van der Waals surface area contributed by atoms with Gasteiger partial charge in [-0.3, -0.25) is 10.1 Å². The summed E-state index contributed by atoms with van der Waals surface area (Å²) in [7, 11) is 1.81. The summed E-state index contributed by atoms with van der Waals surface area (Å²) in [4.78, 5) is 24.3. The second-order valence-electron chi connectivity index (χ2n) is 6.52. The Balaban J connectivity index is 2.24. The zero-order valence-corrected chi connectivity index (χ0v) is 14.6. The second-order valence-corrected chi connectivity index (χ2v) is 6.52. The number of nitriles is 1. The standard InChI is InChI=1S/C18H20N4O3/c1-18(2,3)25-17(24)21-15-9-12(10-19)5-6-14(15)20-16(23)13-7-8-22(4)11-13/h5-9,11H,1-4H3,(H,20,23)(H,21,24). The van der Waals surface area contributed by atoms with Gasteiger partial charge in [0.1, 0.15) is 5.60 Å². The van der Waals surface area contributed by atoms with Crippen LogP contribution in [0.5, 0.6) is 0 Å². The van der Waals surface area contributed by atoms with Crippen LogP contribution < -0.4 is 10.6 Å². The molecule has 0 atom stereocenters. The van der Waals surface area contributed by atoms with Gasteiger partial charge in [0.15, 0.2) is 0 Å². The molecule has 7 heteroatoms. The monoisotopic (exact) mass is 340 g/mol. The van der Waals surface area contributed by atoms with Crippen molar-refractivity contribution in [1.82, 2.24) is 4.57 Å². The van der Waals surface area contributed by atoms with Crippen molar-refractivity contribution in [2.75, 3.05) is 10.6 Å². The van der Waals surface area contributed by atoms with Gasteiger partial charge in [-0.25, -0.2) is 4.79 Å². The van der Waals surface area contributed by atoms with E-state index in [2.05, 4.69) is 10.6 Å². The van der Waals surface area contributed by atoms with E-state index in [0.29, 0.717) is 16.8 Å². The molecule has 0 saturated carbocycles. The first-order valence-electron chi connectivity index (χ1n) is 7.65. The Morgan fingerprint density at radius 2 is 1.88 bits per heavy atom. The van der Waals surface area contributed by atoms with E-state index in [1.165, 1.54) is 6.07 Å². The summed E-state index contributed by atoms with van der Waals surface area (Å²) < 4.78 is 6.97. The summed E-state index contributed by atoms with van der Waals surface area (Å²) in [5.74, 6) is -0.322. The molecule has 0 spiro atoms. The molecule has 7 nitrogen and oxygen atoms in total. The van der Waals surface area contributed by atoms with E-state index >= 15 is 0 Å². The minimum absolute atomic E-state index is 0.289. The van der Waals surface area contributed by atoms with Crippen LogP contribution in [0.25, 0.3) is 0 Å². The molecule has 1 aromatic heterocycles. The molecule has 2 rings (SSSR count). The minimum Gasteiger partial charge on any atom is -0.444 e. The first-order valence-corrected chi connectivity index (χ1v) is 7.65. The van der Waals surface area contributed by atoms with E-state index < -0.39 is 11.7 Å². The van der Waals surface area contributed by atoms with Crippen LogP contribution in [-0.4, -0.2) is 22.2 Å². The van der Waals surface area contributed by atoms with Crippen LogP contribution in [0.1, 0.15) is 36.7 Å². The van der Waals surface area contributed by atoms with Crippen molar-refractivity contribution in [2.24, 2.45) is 7.05 Å².